The Morgan fingerprint density at radius 1 is 1.24 bits per heavy atom. The molecule has 4 N–H and O–H groups in total. The van der Waals surface area contributed by atoms with Crippen molar-refractivity contribution in [2.45, 2.75) is 6.54 Å². The maximum absolute atomic E-state index is 5.38. The molecule has 3 aromatic heterocycles. The summed E-state index contributed by atoms with van der Waals surface area (Å²) in [6.07, 6.45) is 8.66. The number of hydrogen-bond acceptors (Lipinski definition) is 8. The van der Waals surface area contributed by atoms with Gasteiger partial charge in [0.15, 0.2) is 0 Å². The zero-order valence-electron chi connectivity index (χ0n) is 11.3. The minimum absolute atomic E-state index is 0.266. The van der Waals surface area contributed by atoms with Crippen LogP contribution in [0.5, 0.6) is 0 Å². The number of nitrogens with zero attached hydrogens (tertiary/aromatic N) is 7. The quantitative estimate of drug-likeness (QED) is 0.431. The van der Waals surface area contributed by atoms with Crippen LogP contribution in [0.3, 0.4) is 0 Å². The number of hydrazine groups is 1. The van der Waals surface area contributed by atoms with Gasteiger partial charge in [0.1, 0.15) is 6.33 Å². The van der Waals surface area contributed by atoms with Crippen LogP contribution in [0.15, 0.2) is 31.1 Å². The highest BCUT2D eigenvalue weighted by Gasteiger charge is 2.07. The SMILES string of the molecule is Cn1cc(CNc2nc(NN)nc(-n3ccnc3)n2)cn1. The van der Waals surface area contributed by atoms with Crippen molar-refractivity contribution >= 4 is 11.9 Å². The zero-order valence-corrected chi connectivity index (χ0v) is 11.3. The molecule has 0 bridgehead atoms. The second-order valence-corrected chi connectivity index (χ2v) is 4.27. The topological polar surface area (TPSA) is 124 Å². The van der Waals surface area contributed by atoms with E-state index in [2.05, 4.69) is 35.8 Å². The Hall–Kier alpha value is -3.01. The number of aryl methyl sites for hydroxylation is 1. The summed E-state index contributed by atoms with van der Waals surface area (Å²) in [6.45, 7) is 0.547. The van der Waals surface area contributed by atoms with Gasteiger partial charge in [-0.15, -0.1) is 0 Å². The van der Waals surface area contributed by atoms with E-state index < -0.39 is 0 Å². The van der Waals surface area contributed by atoms with Gasteiger partial charge < -0.3 is 5.32 Å². The van der Waals surface area contributed by atoms with E-state index >= 15 is 0 Å². The van der Waals surface area contributed by atoms with Crippen molar-refractivity contribution < 1.29 is 0 Å². The molecule has 0 saturated carbocycles. The van der Waals surface area contributed by atoms with E-state index in [1.807, 2.05) is 13.2 Å². The number of rotatable bonds is 5. The Morgan fingerprint density at radius 3 is 2.76 bits per heavy atom. The summed E-state index contributed by atoms with van der Waals surface area (Å²) in [4.78, 5) is 16.6. The minimum Gasteiger partial charge on any atom is -0.350 e. The fourth-order valence-electron chi connectivity index (χ4n) is 1.75. The van der Waals surface area contributed by atoms with Crippen molar-refractivity contribution in [1.82, 2.24) is 34.3 Å². The highest BCUT2D eigenvalue weighted by atomic mass is 15.4. The molecule has 3 rings (SSSR count). The first kappa shape index (κ1) is 13.0. The lowest BCUT2D eigenvalue weighted by atomic mass is 10.4. The summed E-state index contributed by atoms with van der Waals surface area (Å²) < 4.78 is 3.39. The van der Waals surface area contributed by atoms with Crippen LogP contribution in [-0.4, -0.2) is 34.3 Å². The Morgan fingerprint density at radius 2 is 2.10 bits per heavy atom. The molecule has 3 heterocycles. The molecule has 0 unspecified atom stereocenters. The van der Waals surface area contributed by atoms with Crippen LogP contribution in [0.2, 0.25) is 0 Å². The van der Waals surface area contributed by atoms with Crippen molar-refractivity contribution in [1.29, 1.82) is 0 Å². The first-order chi connectivity index (χ1) is 10.2. The van der Waals surface area contributed by atoms with Crippen LogP contribution < -0.4 is 16.6 Å². The predicted octanol–water partition coefficient (Wildman–Crippen LogP) is -0.312. The Bertz CT molecular complexity index is 716. The largest absolute Gasteiger partial charge is 0.350 e. The molecule has 0 aliphatic carbocycles. The number of hydrogen-bond donors (Lipinski definition) is 3. The van der Waals surface area contributed by atoms with Gasteiger partial charge in [-0.05, 0) is 0 Å². The standard InChI is InChI=1S/C11H14N10/c1-20-6-8(5-15-20)4-14-9-16-10(19-12)18-11(17-9)21-3-2-13-7-21/h2-3,5-7H,4,12H2,1H3,(H2,14,16,17,18,19). The van der Waals surface area contributed by atoms with Crippen molar-refractivity contribution in [3.8, 4) is 5.95 Å². The molecule has 108 valence electrons. The first-order valence-corrected chi connectivity index (χ1v) is 6.17. The number of nitrogens with two attached hydrogens (primary N) is 1. The molecule has 21 heavy (non-hydrogen) atoms. The molecule has 0 spiro atoms. The van der Waals surface area contributed by atoms with E-state index in [1.165, 1.54) is 0 Å². The van der Waals surface area contributed by atoms with Crippen LogP contribution in [0.25, 0.3) is 5.95 Å². The monoisotopic (exact) mass is 286 g/mol. The highest BCUT2D eigenvalue weighted by molar-refractivity contribution is 5.37. The molecule has 10 heteroatoms. The molecule has 0 fully saturated rings. The van der Waals surface area contributed by atoms with Crippen molar-refractivity contribution in [2.75, 3.05) is 10.7 Å². The van der Waals surface area contributed by atoms with E-state index in [0.29, 0.717) is 18.4 Å². The molecular weight excluding hydrogens is 272 g/mol. The summed E-state index contributed by atoms with van der Waals surface area (Å²) >= 11 is 0. The second kappa shape index (κ2) is 5.54. The number of nitrogen functional groups attached to an aromatic ring is 1. The van der Waals surface area contributed by atoms with Gasteiger partial charge in [0.05, 0.1) is 6.20 Å². The van der Waals surface area contributed by atoms with Crippen molar-refractivity contribution in [3.63, 3.8) is 0 Å². The molecular formula is C11H14N10. The third kappa shape index (κ3) is 2.95. The van der Waals surface area contributed by atoms with Crippen molar-refractivity contribution in [2.24, 2.45) is 12.9 Å². The van der Waals surface area contributed by atoms with Crippen LogP contribution in [0.4, 0.5) is 11.9 Å². The molecule has 0 radical (unpaired) electrons. The maximum atomic E-state index is 5.38. The minimum atomic E-state index is 0.266. The molecule has 0 aliphatic rings. The second-order valence-electron chi connectivity index (χ2n) is 4.27. The van der Waals surface area contributed by atoms with Gasteiger partial charge in [0.25, 0.3) is 0 Å². The van der Waals surface area contributed by atoms with E-state index in [0.717, 1.165) is 5.56 Å². The summed E-state index contributed by atoms with van der Waals surface area (Å²) in [5.41, 5.74) is 3.44. The summed E-state index contributed by atoms with van der Waals surface area (Å²) in [5.74, 6) is 6.48. The van der Waals surface area contributed by atoms with Gasteiger partial charge >= 0.3 is 0 Å². The molecule has 0 amide bonds. The molecule has 0 aromatic carbocycles. The Labute approximate surface area is 120 Å². The fourth-order valence-corrected chi connectivity index (χ4v) is 1.75. The van der Waals surface area contributed by atoms with E-state index in [-0.39, 0.29) is 5.95 Å². The Balaban J connectivity index is 1.82. The van der Waals surface area contributed by atoms with Crippen LogP contribution >= 0.6 is 0 Å². The van der Waals surface area contributed by atoms with E-state index in [1.54, 1.807) is 34.2 Å². The highest BCUT2D eigenvalue weighted by Crippen LogP contribution is 2.09. The molecule has 0 saturated heterocycles. The van der Waals surface area contributed by atoms with Gasteiger partial charge in [-0.1, -0.05) is 0 Å². The summed E-state index contributed by atoms with van der Waals surface area (Å²) in [6, 6.07) is 0. The summed E-state index contributed by atoms with van der Waals surface area (Å²) in [7, 11) is 1.86. The van der Waals surface area contributed by atoms with Gasteiger partial charge in [-0.2, -0.15) is 20.1 Å². The van der Waals surface area contributed by atoms with Gasteiger partial charge in [-0.3, -0.25) is 14.7 Å². The third-order valence-corrected chi connectivity index (χ3v) is 2.70. The third-order valence-electron chi connectivity index (χ3n) is 2.70. The van der Waals surface area contributed by atoms with Gasteiger partial charge in [0, 0.05) is 37.7 Å². The Kier molecular flexibility index (Phi) is 3.43. The number of imidazole rings is 1. The normalized spacial score (nSPS) is 10.6. The predicted molar refractivity (Wildman–Crippen MR) is 75.3 cm³/mol. The molecule has 10 nitrogen and oxygen atoms in total. The number of nitrogens with one attached hydrogen (secondary N) is 2. The lowest BCUT2D eigenvalue weighted by Crippen LogP contribution is -2.15. The fraction of sp³-hybridized carbons (Fsp3) is 0.182. The van der Waals surface area contributed by atoms with E-state index in [4.69, 9.17) is 5.84 Å². The average Bonchev–Trinajstić information content (AvgIpc) is 3.16. The zero-order chi connectivity index (χ0) is 14.7. The molecule has 3 aromatic rings. The molecule has 0 atom stereocenters. The van der Waals surface area contributed by atoms with E-state index in [9.17, 15) is 0 Å². The lowest BCUT2D eigenvalue weighted by Gasteiger charge is -2.07. The first-order valence-electron chi connectivity index (χ1n) is 6.17. The lowest BCUT2D eigenvalue weighted by molar-refractivity contribution is 0.767. The van der Waals surface area contributed by atoms with Gasteiger partial charge in [0.2, 0.25) is 17.8 Å². The number of aromatic nitrogens is 7. The number of anilines is 2. The van der Waals surface area contributed by atoms with Crippen LogP contribution in [0.1, 0.15) is 5.56 Å². The summed E-state index contributed by atoms with van der Waals surface area (Å²) in [5, 5.41) is 7.21. The van der Waals surface area contributed by atoms with Crippen LogP contribution in [-0.2, 0) is 13.6 Å². The molecule has 0 aliphatic heterocycles. The maximum Gasteiger partial charge on any atom is 0.243 e. The van der Waals surface area contributed by atoms with Crippen LogP contribution in [0, 0.1) is 0 Å². The van der Waals surface area contributed by atoms with Crippen molar-refractivity contribution in [3.05, 3.63) is 36.7 Å². The van der Waals surface area contributed by atoms with Gasteiger partial charge in [-0.25, -0.2) is 10.8 Å². The smallest absolute Gasteiger partial charge is 0.243 e. The average molecular weight is 286 g/mol.